The molecule has 29 heavy (non-hydrogen) atoms. The van der Waals surface area contributed by atoms with Crippen molar-refractivity contribution in [1.82, 2.24) is 0 Å². The standard InChI is InChI=1S/C22H26N2O5/c1-14(2)29-18-8-6-5-7-17(18)24-13-15(11-21(24)25)22(26)23-16-9-10-19(27-3)20(12-16)28-4/h5-10,12,14-15H,11,13H2,1-4H3,(H,23,26). The van der Waals surface area contributed by atoms with Crippen molar-refractivity contribution in [2.45, 2.75) is 26.4 Å². The number of hydrogen-bond donors (Lipinski definition) is 1. The second-order valence-corrected chi connectivity index (χ2v) is 7.10. The van der Waals surface area contributed by atoms with E-state index in [-0.39, 0.29) is 24.3 Å². The number of amides is 2. The van der Waals surface area contributed by atoms with Crippen molar-refractivity contribution in [1.29, 1.82) is 0 Å². The normalized spacial score (nSPS) is 16.1. The van der Waals surface area contributed by atoms with Crippen LogP contribution in [0.2, 0.25) is 0 Å². The van der Waals surface area contributed by atoms with E-state index in [1.54, 1.807) is 30.2 Å². The van der Waals surface area contributed by atoms with Crippen molar-refractivity contribution in [2.24, 2.45) is 5.92 Å². The van der Waals surface area contributed by atoms with Crippen LogP contribution in [0.3, 0.4) is 0 Å². The largest absolute Gasteiger partial charge is 0.493 e. The minimum atomic E-state index is -0.456. The molecule has 3 rings (SSSR count). The number of nitrogens with one attached hydrogen (secondary N) is 1. The zero-order chi connectivity index (χ0) is 21.0. The molecule has 0 bridgehead atoms. The van der Waals surface area contributed by atoms with Gasteiger partial charge in [0, 0.05) is 24.7 Å². The van der Waals surface area contributed by atoms with E-state index >= 15 is 0 Å². The lowest BCUT2D eigenvalue weighted by atomic mass is 10.1. The third-order valence-corrected chi connectivity index (χ3v) is 4.67. The molecule has 1 atom stereocenters. The number of ether oxygens (including phenoxy) is 3. The molecule has 0 spiro atoms. The lowest BCUT2D eigenvalue weighted by molar-refractivity contribution is -0.122. The Morgan fingerprint density at radius 2 is 1.79 bits per heavy atom. The lowest BCUT2D eigenvalue weighted by Gasteiger charge is -2.21. The van der Waals surface area contributed by atoms with Gasteiger partial charge in [-0.3, -0.25) is 9.59 Å². The molecule has 7 heteroatoms. The molecular weight excluding hydrogens is 372 g/mol. The molecule has 0 aromatic heterocycles. The van der Waals surface area contributed by atoms with E-state index in [1.807, 2.05) is 38.1 Å². The second-order valence-electron chi connectivity index (χ2n) is 7.10. The van der Waals surface area contributed by atoms with Crippen molar-refractivity contribution in [3.05, 3.63) is 42.5 Å². The zero-order valence-electron chi connectivity index (χ0n) is 17.1. The van der Waals surface area contributed by atoms with Crippen LogP contribution < -0.4 is 24.4 Å². The van der Waals surface area contributed by atoms with Crippen LogP contribution in [0, 0.1) is 5.92 Å². The molecule has 1 unspecified atom stereocenters. The van der Waals surface area contributed by atoms with Gasteiger partial charge in [0.25, 0.3) is 0 Å². The summed E-state index contributed by atoms with van der Waals surface area (Å²) in [7, 11) is 3.09. The Bertz CT molecular complexity index is 897. The van der Waals surface area contributed by atoms with Gasteiger partial charge in [-0.05, 0) is 38.1 Å². The van der Waals surface area contributed by atoms with Crippen LogP contribution in [0.4, 0.5) is 11.4 Å². The minimum absolute atomic E-state index is 0.0157. The summed E-state index contributed by atoms with van der Waals surface area (Å²) in [6.07, 6.45) is 0.132. The smallest absolute Gasteiger partial charge is 0.229 e. The Morgan fingerprint density at radius 3 is 2.48 bits per heavy atom. The third kappa shape index (κ3) is 4.62. The fourth-order valence-electron chi connectivity index (χ4n) is 3.31. The predicted molar refractivity (Wildman–Crippen MR) is 111 cm³/mol. The first-order valence-electron chi connectivity index (χ1n) is 9.52. The number of anilines is 2. The Hall–Kier alpha value is -3.22. The Kier molecular flexibility index (Phi) is 6.26. The van der Waals surface area contributed by atoms with E-state index in [0.29, 0.717) is 35.2 Å². The number of para-hydroxylation sites is 2. The number of carbonyl (C=O) groups is 2. The Morgan fingerprint density at radius 1 is 1.07 bits per heavy atom. The van der Waals surface area contributed by atoms with Gasteiger partial charge in [-0.1, -0.05) is 12.1 Å². The van der Waals surface area contributed by atoms with Crippen LogP contribution in [0.1, 0.15) is 20.3 Å². The summed E-state index contributed by atoms with van der Waals surface area (Å²) in [6.45, 7) is 4.17. The van der Waals surface area contributed by atoms with Crippen LogP contribution in [-0.2, 0) is 9.59 Å². The van der Waals surface area contributed by atoms with E-state index in [0.717, 1.165) is 0 Å². The molecular formula is C22H26N2O5. The average molecular weight is 398 g/mol. The first-order chi connectivity index (χ1) is 13.9. The fourth-order valence-corrected chi connectivity index (χ4v) is 3.31. The van der Waals surface area contributed by atoms with Crippen LogP contribution in [0.5, 0.6) is 17.2 Å². The molecule has 1 aliphatic rings. The van der Waals surface area contributed by atoms with Gasteiger partial charge in [-0.15, -0.1) is 0 Å². The van der Waals surface area contributed by atoms with Gasteiger partial charge < -0.3 is 24.4 Å². The average Bonchev–Trinajstić information content (AvgIpc) is 3.09. The molecule has 2 aromatic carbocycles. The van der Waals surface area contributed by atoms with E-state index in [1.165, 1.54) is 7.11 Å². The van der Waals surface area contributed by atoms with Crippen molar-refractivity contribution in [2.75, 3.05) is 31.0 Å². The molecule has 154 valence electrons. The number of benzene rings is 2. The monoisotopic (exact) mass is 398 g/mol. The van der Waals surface area contributed by atoms with Crippen LogP contribution in [-0.4, -0.2) is 38.7 Å². The van der Waals surface area contributed by atoms with Crippen LogP contribution >= 0.6 is 0 Å². The highest BCUT2D eigenvalue weighted by Crippen LogP contribution is 2.34. The summed E-state index contributed by atoms with van der Waals surface area (Å²) in [5.41, 5.74) is 1.27. The summed E-state index contributed by atoms with van der Waals surface area (Å²) in [5.74, 6) is 0.968. The molecule has 2 amide bonds. The topological polar surface area (TPSA) is 77.1 Å². The molecule has 1 fully saturated rings. The highest BCUT2D eigenvalue weighted by Gasteiger charge is 2.36. The number of nitrogens with zero attached hydrogens (tertiary/aromatic N) is 1. The fraction of sp³-hybridized carbons (Fsp3) is 0.364. The summed E-state index contributed by atoms with van der Waals surface area (Å²) in [6, 6.07) is 12.5. The minimum Gasteiger partial charge on any atom is -0.493 e. The predicted octanol–water partition coefficient (Wildman–Crippen LogP) is 3.48. The van der Waals surface area contributed by atoms with Crippen molar-refractivity contribution < 1.29 is 23.8 Å². The molecule has 0 aliphatic carbocycles. The molecule has 0 saturated carbocycles. The molecule has 1 aliphatic heterocycles. The Labute approximate surface area is 170 Å². The summed E-state index contributed by atoms with van der Waals surface area (Å²) < 4.78 is 16.3. The maximum atomic E-state index is 12.8. The third-order valence-electron chi connectivity index (χ3n) is 4.67. The van der Waals surface area contributed by atoms with E-state index in [2.05, 4.69) is 5.32 Å². The van der Waals surface area contributed by atoms with Gasteiger partial charge in [0.05, 0.1) is 31.9 Å². The number of hydrogen-bond acceptors (Lipinski definition) is 5. The van der Waals surface area contributed by atoms with E-state index < -0.39 is 5.92 Å². The quantitative estimate of drug-likeness (QED) is 0.773. The van der Waals surface area contributed by atoms with Crippen molar-refractivity contribution in [3.63, 3.8) is 0 Å². The van der Waals surface area contributed by atoms with Crippen molar-refractivity contribution in [3.8, 4) is 17.2 Å². The second kappa shape index (κ2) is 8.86. The zero-order valence-corrected chi connectivity index (χ0v) is 17.1. The van der Waals surface area contributed by atoms with E-state index in [9.17, 15) is 9.59 Å². The highest BCUT2D eigenvalue weighted by molar-refractivity contribution is 6.04. The molecule has 2 aromatic rings. The maximum Gasteiger partial charge on any atom is 0.229 e. The van der Waals surface area contributed by atoms with Crippen molar-refractivity contribution >= 4 is 23.2 Å². The summed E-state index contributed by atoms with van der Waals surface area (Å²) in [5, 5.41) is 2.86. The summed E-state index contributed by atoms with van der Waals surface area (Å²) >= 11 is 0. The van der Waals surface area contributed by atoms with Crippen LogP contribution in [0.15, 0.2) is 42.5 Å². The molecule has 1 N–H and O–H groups in total. The highest BCUT2D eigenvalue weighted by atomic mass is 16.5. The SMILES string of the molecule is COc1ccc(NC(=O)C2CC(=O)N(c3ccccc3OC(C)C)C2)cc1OC. The number of rotatable bonds is 7. The molecule has 1 saturated heterocycles. The molecule has 1 heterocycles. The van der Waals surface area contributed by atoms with E-state index in [4.69, 9.17) is 14.2 Å². The first-order valence-corrected chi connectivity index (χ1v) is 9.52. The van der Waals surface area contributed by atoms with Gasteiger partial charge in [0.15, 0.2) is 11.5 Å². The van der Waals surface area contributed by atoms with Gasteiger partial charge in [0.2, 0.25) is 11.8 Å². The maximum absolute atomic E-state index is 12.8. The van der Waals surface area contributed by atoms with Gasteiger partial charge in [-0.2, -0.15) is 0 Å². The molecule has 0 radical (unpaired) electrons. The number of carbonyl (C=O) groups excluding carboxylic acids is 2. The van der Waals surface area contributed by atoms with Crippen LogP contribution in [0.25, 0.3) is 0 Å². The van der Waals surface area contributed by atoms with Gasteiger partial charge in [-0.25, -0.2) is 0 Å². The molecule has 7 nitrogen and oxygen atoms in total. The van der Waals surface area contributed by atoms with Gasteiger partial charge >= 0.3 is 0 Å². The summed E-state index contributed by atoms with van der Waals surface area (Å²) in [4.78, 5) is 27.0. The number of methoxy groups -OCH3 is 2. The first kappa shape index (κ1) is 20.5. The Balaban J connectivity index is 1.73. The lowest BCUT2D eigenvalue weighted by Crippen LogP contribution is -2.28. The van der Waals surface area contributed by atoms with Gasteiger partial charge in [0.1, 0.15) is 5.75 Å².